The summed E-state index contributed by atoms with van der Waals surface area (Å²) in [4.78, 5) is 16.7. The van der Waals surface area contributed by atoms with Crippen LogP contribution in [-0.2, 0) is 41.2 Å². The largest absolute Gasteiger partial charge is 0.383 e. The zero-order valence-electron chi connectivity index (χ0n) is 16.2. The Labute approximate surface area is 179 Å². The van der Waals surface area contributed by atoms with Crippen molar-refractivity contribution in [2.24, 2.45) is 9.50 Å². The van der Waals surface area contributed by atoms with Gasteiger partial charge in [0.25, 0.3) is 0 Å². The van der Waals surface area contributed by atoms with Gasteiger partial charge in [0, 0.05) is 10.7 Å². The summed E-state index contributed by atoms with van der Waals surface area (Å²) in [5, 5.41) is 19.9. The summed E-state index contributed by atoms with van der Waals surface area (Å²) in [5.41, 5.74) is 3.90. The molecule has 0 aliphatic heterocycles. The van der Waals surface area contributed by atoms with Crippen LogP contribution in [0.4, 0.5) is 10.5 Å². The molecule has 10 heteroatoms. The molecule has 2 aliphatic carbocycles. The first-order valence-electron chi connectivity index (χ1n) is 9.47. The molecule has 1 atom stereocenters. The van der Waals surface area contributed by atoms with Gasteiger partial charge in [-0.05, 0) is 74.6 Å². The first-order chi connectivity index (χ1) is 13.6. The fourth-order valence-electron chi connectivity index (χ4n) is 4.01. The summed E-state index contributed by atoms with van der Waals surface area (Å²) in [6, 6.07) is -0.749. The van der Waals surface area contributed by atoms with Gasteiger partial charge in [0.15, 0.2) is 9.92 Å². The molecule has 29 heavy (non-hydrogen) atoms. The van der Waals surface area contributed by atoms with Crippen LogP contribution in [0, 0.1) is 0 Å². The Morgan fingerprint density at radius 2 is 1.79 bits per heavy atom. The van der Waals surface area contributed by atoms with E-state index in [0.717, 1.165) is 82.8 Å². The predicted molar refractivity (Wildman–Crippen MR) is 115 cm³/mol. The lowest BCUT2D eigenvalue weighted by atomic mass is 9.98. The van der Waals surface area contributed by atoms with E-state index in [4.69, 9.17) is 16.7 Å². The highest BCUT2D eigenvalue weighted by molar-refractivity contribution is 7.93. The van der Waals surface area contributed by atoms with Crippen LogP contribution in [0.2, 0.25) is 5.02 Å². The van der Waals surface area contributed by atoms with Crippen LogP contribution in [0.1, 0.15) is 54.0 Å². The number of anilines is 1. The lowest BCUT2D eigenvalue weighted by Crippen LogP contribution is -2.18. The number of benzene rings is 1. The highest BCUT2D eigenvalue weighted by Gasteiger charge is 2.29. The molecular formula is C19H23ClN4O3S2. The van der Waals surface area contributed by atoms with Crippen molar-refractivity contribution in [3.63, 3.8) is 0 Å². The summed E-state index contributed by atoms with van der Waals surface area (Å²) < 4.78 is 16.8. The van der Waals surface area contributed by atoms with Crippen LogP contribution >= 0.6 is 22.9 Å². The molecule has 0 fully saturated rings. The van der Waals surface area contributed by atoms with Crippen molar-refractivity contribution in [3.8, 4) is 0 Å². The number of hydrogen-bond donors (Lipinski definition) is 3. The zero-order chi connectivity index (χ0) is 21.0. The zero-order valence-corrected chi connectivity index (χ0v) is 18.6. The maximum atomic E-state index is 12.9. The maximum Gasteiger partial charge on any atom is 0.354 e. The van der Waals surface area contributed by atoms with E-state index in [2.05, 4.69) is 14.7 Å². The molecule has 0 saturated carbocycles. The van der Waals surface area contributed by atoms with E-state index in [1.165, 1.54) is 6.20 Å². The van der Waals surface area contributed by atoms with Crippen molar-refractivity contribution in [1.82, 2.24) is 4.98 Å². The lowest BCUT2D eigenvalue weighted by Gasteiger charge is -2.17. The van der Waals surface area contributed by atoms with E-state index < -0.39 is 21.5 Å². The second-order valence-corrected chi connectivity index (χ2v) is 11.4. The number of halogens is 1. The van der Waals surface area contributed by atoms with Gasteiger partial charge in [0.1, 0.15) is 14.8 Å². The van der Waals surface area contributed by atoms with Gasteiger partial charge in [-0.15, -0.1) is 15.7 Å². The fourth-order valence-corrected chi connectivity index (χ4v) is 6.49. The van der Waals surface area contributed by atoms with Crippen LogP contribution < -0.4 is 10.5 Å². The summed E-state index contributed by atoms with van der Waals surface area (Å²) in [6.07, 6.45) is 6.78. The van der Waals surface area contributed by atoms with Gasteiger partial charge in [-0.25, -0.2) is 19.1 Å². The molecule has 0 spiro atoms. The van der Waals surface area contributed by atoms with Crippen LogP contribution in [-0.4, -0.2) is 20.3 Å². The van der Waals surface area contributed by atoms with Crippen molar-refractivity contribution in [2.45, 2.75) is 62.2 Å². The van der Waals surface area contributed by atoms with Crippen LogP contribution in [0.3, 0.4) is 0 Å². The molecule has 2 amide bonds. The number of aliphatic hydroxyl groups is 1. The number of fused-ring (bicyclic) bond motifs is 2. The molecular weight excluding hydrogens is 432 g/mol. The van der Waals surface area contributed by atoms with Gasteiger partial charge in [-0.1, -0.05) is 11.6 Å². The van der Waals surface area contributed by atoms with Crippen molar-refractivity contribution in [2.75, 3.05) is 5.32 Å². The Bertz CT molecular complexity index is 1090. The molecule has 4 N–H and O–H groups in total. The Hall–Kier alpha value is -1.52. The van der Waals surface area contributed by atoms with E-state index in [1.807, 2.05) is 0 Å². The second-order valence-electron chi connectivity index (χ2n) is 7.94. The third-order valence-electron chi connectivity index (χ3n) is 5.32. The van der Waals surface area contributed by atoms with E-state index in [1.54, 1.807) is 13.8 Å². The summed E-state index contributed by atoms with van der Waals surface area (Å²) in [6.45, 7) is 3.14. The number of carbonyl (C=O) groups excluding carboxylic acids is 1. The summed E-state index contributed by atoms with van der Waals surface area (Å²) >= 11 is 7.59. The van der Waals surface area contributed by atoms with Crippen LogP contribution in [0.15, 0.2) is 14.8 Å². The fraction of sp³-hybridized carbons (Fsp3) is 0.474. The maximum absolute atomic E-state index is 12.9. The molecule has 2 aliphatic rings. The third kappa shape index (κ3) is 3.82. The van der Waals surface area contributed by atoms with Crippen molar-refractivity contribution in [1.29, 1.82) is 0 Å². The van der Waals surface area contributed by atoms with E-state index in [-0.39, 0.29) is 4.21 Å². The second kappa shape index (κ2) is 7.31. The van der Waals surface area contributed by atoms with Gasteiger partial charge in [-0.3, -0.25) is 0 Å². The molecule has 1 aromatic heterocycles. The lowest BCUT2D eigenvalue weighted by molar-refractivity contribution is 0.0783. The Morgan fingerprint density at radius 1 is 1.24 bits per heavy atom. The molecule has 0 saturated heterocycles. The number of nitrogens with one attached hydrogen (secondary N) is 1. The van der Waals surface area contributed by atoms with E-state index in [9.17, 15) is 14.1 Å². The first-order valence-corrected chi connectivity index (χ1v) is 12.2. The Balaban J connectivity index is 1.67. The molecule has 156 valence electrons. The SMILES string of the molecule is CC(C)(O)c1ncc([S@](N)(=O)=NC(=O)Nc2c3c(c(Cl)c4c2CCC4)CCC3)s1. The third-order valence-corrected chi connectivity index (χ3v) is 8.96. The molecule has 2 aromatic rings. The Morgan fingerprint density at radius 3 is 2.31 bits per heavy atom. The number of amides is 2. The predicted octanol–water partition coefficient (Wildman–Crippen LogP) is 3.93. The number of urea groups is 1. The molecule has 7 nitrogen and oxygen atoms in total. The number of nitrogens with zero attached hydrogens (tertiary/aromatic N) is 2. The standard InChI is InChI=1S/C19H23ClN4O3S2/c1-19(2,26)17-22-9-14(28-17)29(21,27)24-18(25)23-16-12-7-3-5-10(12)15(20)11-6-4-8-13(11)16/h9,26H,3-8H2,1-2H3,(H3,21,23,24,25,27)/t29-/m1/s1. The van der Waals surface area contributed by atoms with Gasteiger partial charge in [0.05, 0.1) is 6.20 Å². The van der Waals surface area contributed by atoms with Crippen molar-refractivity contribution in [3.05, 3.63) is 38.5 Å². The highest BCUT2D eigenvalue weighted by atomic mass is 35.5. The normalized spacial score (nSPS) is 17.6. The summed E-state index contributed by atoms with van der Waals surface area (Å²) in [7, 11) is -3.47. The van der Waals surface area contributed by atoms with E-state index in [0.29, 0.717) is 5.01 Å². The molecule has 4 rings (SSSR count). The minimum atomic E-state index is -3.47. The van der Waals surface area contributed by atoms with Gasteiger partial charge in [0.2, 0.25) is 0 Å². The van der Waals surface area contributed by atoms with Crippen molar-refractivity contribution >= 4 is 44.6 Å². The highest BCUT2D eigenvalue weighted by Crippen LogP contribution is 2.44. The van der Waals surface area contributed by atoms with Crippen LogP contribution in [0.5, 0.6) is 0 Å². The number of rotatable bonds is 3. The number of hydrogen-bond acceptors (Lipinski definition) is 5. The van der Waals surface area contributed by atoms with E-state index >= 15 is 0 Å². The molecule has 0 unspecified atom stereocenters. The number of nitrogens with two attached hydrogens (primary N) is 1. The molecule has 1 aromatic carbocycles. The van der Waals surface area contributed by atoms with Gasteiger partial charge in [-0.2, -0.15) is 0 Å². The summed E-state index contributed by atoms with van der Waals surface area (Å²) in [5.74, 6) is 0. The number of thiazole rings is 1. The van der Waals surface area contributed by atoms with Crippen molar-refractivity contribution < 1.29 is 14.1 Å². The smallest absolute Gasteiger partial charge is 0.354 e. The quantitative estimate of drug-likeness (QED) is 0.650. The van der Waals surface area contributed by atoms with Gasteiger partial charge < -0.3 is 10.4 Å². The number of carbonyl (C=O) groups is 1. The first kappa shape index (κ1) is 20.7. The average molecular weight is 455 g/mol. The average Bonchev–Trinajstić information content (AvgIpc) is 3.37. The Kier molecular flexibility index (Phi) is 5.23. The number of aromatic nitrogens is 1. The monoisotopic (exact) mass is 454 g/mol. The topological polar surface area (TPSA) is 118 Å². The molecule has 0 bridgehead atoms. The van der Waals surface area contributed by atoms with Gasteiger partial charge >= 0.3 is 6.03 Å². The van der Waals surface area contributed by atoms with Crippen LogP contribution in [0.25, 0.3) is 0 Å². The minimum Gasteiger partial charge on any atom is -0.383 e. The molecule has 0 radical (unpaired) electrons. The minimum absolute atomic E-state index is 0.149. The molecule has 1 heterocycles.